The van der Waals surface area contributed by atoms with Crippen LogP contribution in [0.3, 0.4) is 0 Å². The number of fused-ring (bicyclic) bond motifs is 2. The number of pyridine rings is 1. The van der Waals surface area contributed by atoms with Crippen molar-refractivity contribution in [1.29, 1.82) is 0 Å². The van der Waals surface area contributed by atoms with Gasteiger partial charge in [0.1, 0.15) is 13.2 Å². The van der Waals surface area contributed by atoms with Crippen molar-refractivity contribution < 1.29 is 9.47 Å². The second kappa shape index (κ2) is 10.2. The molecule has 2 N–H and O–H groups in total. The van der Waals surface area contributed by atoms with E-state index in [1.165, 1.54) is 5.56 Å². The standard InChI is InChI=1S/C25H30N4O3S/c1-17-5-7-20(8-6-17)26-25(33)29(10-4-9-28(2)3)16-19-13-18-14-22-23(32-12-11-31-22)15-21(18)27-24(19)30/h5-8,13-15H,4,9-12,16H2,1-3H3,(H,26,33)(H,27,30). The van der Waals surface area contributed by atoms with Crippen molar-refractivity contribution in [2.75, 3.05) is 45.7 Å². The number of nitrogens with zero attached hydrogens (tertiary/aromatic N) is 2. The highest BCUT2D eigenvalue weighted by Crippen LogP contribution is 2.33. The Bertz CT molecular complexity index is 1190. The van der Waals surface area contributed by atoms with Gasteiger partial charge in [-0.3, -0.25) is 4.79 Å². The van der Waals surface area contributed by atoms with Gasteiger partial charge < -0.3 is 29.6 Å². The molecule has 0 spiro atoms. The zero-order valence-electron chi connectivity index (χ0n) is 19.3. The maximum Gasteiger partial charge on any atom is 0.253 e. The minimum Gasteiger partial charge on any atom is -0.486 e. The molecule has 0 fully saturated rings. The summed E-state index contributed by atoms with van der Waals surface area (Å²) < 4.78 is 11.3. The van der Waals surface area contributed by atoms with Gasteiger partial charge in [0.2, 0.25) is 0 Å². The largest absolute Gasteiger partial charge is 0.486 e. The van der Waals surface area contributed by atoms with E-state index in [0.717, 1.165) is 36.1 Å². The lowest BCUT2D eigenvalue weighted by molar-refractivity contribution is 0.172. The van der Waals surface area contributed by atoms with Crippen molar-refractivity contribution in [3.63, 3.8) is 0 Å². The molecule has 0 bridgehead atoms. The van der Waals surface area contributed by atoms with E-state index in [4.69, 9.17) is 21.7 Å². The lowest BCUT2D eigenvalue weighted by Gasteiger charge is -2.26. The number of anilines is 1. The van der Waals surface area contributed by atoms with Gasteiger partial charge in [0.25, 0.3) is 5.56 Å². The summed E-state index contributed by atoms with van der Waals surface area (Å²) in [5, 5.41) is 4.82. The summed E-state index contributed by atoms with van der Waals surface area (Å²) in [6.45, 7) is 5.15. The second-order valence-corrected chi connectivity index (χ2v) is 8.97. The molecule has 0 amide bonds. The van der Waals surface area contributed by atoms with Crippen LogP contribution in [0.5, 0.6) is 11.5 Å². The molecule has 8 heteroatoms. The topological polar surface area (TPSA) is 69.8 Å². The van der Waals surface area contributed by atoms with E-state index in [0.29, 0.717) is 41.9 Å². The number of hydrogen-bond donors (Lipinski definition) is 2. The molecule has 0 saturated heterocycles. The number of H-pyrrole nitrogens is 1. The Labute approximate surface area is 199 Å². The summed E-state index contributed by atoms with van der Waals surface area (Å²) in [6.07, 6.45) is 0.924. The van der Waals surface area contributed by atoms with Crippen molar-refractivity contribution in [2.24, 2.45) is 0 Å². The smallest absolute Gasteiger partial charge is 0.253 e. The average molecular weight is 467 g/mol. The van der Waals surface area contributed by atoms with Crippen molar-refractivity contribution >= 4 is 33.9 Å². The quantitative estimate of drug-likeness (QED) is 0.514. The molecule has 2 aromatic carbocycles. The van der Waals surface area contributed by atoms with Gasteiger partial charge in [-0.1, -0.05) is 17.7 Å². The molecule has 7 nitrogen and oxygen atoms in total. The van der Waals surface area contributed by atoms with Gasteiger partial charge in [-0.2, -0.15) is 0 Å². The Balaban J connectivity index is 1.58. The van der Waals surface area contributed by atoms with Gasteiger partial charge in [-0.15, -0.1) is 0 Å². The Hall–Kier alpha value is -3.10. The number of aromatic amines is 1. The van der Waals surface area contributed by atoms with Gasteiger partial charge in [-0.05, 0) is 70.5 Å². The molecule has 1 aliphatic rings. The molecule has 1 aromatic heterocycles. The molecule has 2 heterocycles. The number of nitrogens with one attached hydrogen (secondary N) is 2. The molecule has 0 unspecified atom stereocenters. The zero-order chi connectivity index (χ0) is 23.4. The number of aromatic nitrogens is 1. The van der Waals surface area contributed by atoms with Gasteiger partial charge in [0.05, 0.1) is 12.1 Å². The van der Waals surface area contributed by atoms with Crippen molar-refractivity contribution in [3.8, 4) is 11.5 Å². The lowest BCUT2D eigenvalue weighted by Crippen LogP contribution is -2.37. The van der Waals surface area contributed by atoms with Crippen LogP contribution in [0.1, 0.15) is 17.5 Å². The molecule has 1 aliphatic heterocycles. The Morgan fingerprint density at radius 1 is 1.06 bits per heavy atom. The average Bonchev–Trinajstić information content (AvgIpc) is 2.78. The highest BCUT2D eigenvalue weighted by atomic mass is 32.1. The van der Waals surface area contributed by atoms with Crippen molar-refractivity contribution in [3.05, 3.63) is 63.9 Å². The first-order chi connectivity index (χ1) is 15.9. The van der Waals surface area contributed by atoms with Crippen molar-refractivity contribution in [2.45, 2.75) is 19.9 Å². The Kier molecular flexibility index (Phi) is 7.15. The molecule has 3 aromatic rings. The van der Waals surface area contributed by atoms with E-state index in [-0.39, 0.29) is 5.56 Å². The van der Waals surface area contributed by atoms with Crippen LogP contribution in [0, 0.1) is 6.92 Å². The molecule has 174 valence electrons. The fourth-order valence-corrected chi connectivity index (χ4v) is 4.05. The van der Waals surface area contributed by atoms with Crippen LogP contribution in [0.2, 0.25) is 0 Å². The van der Waals surface area contributed by atoms with Crippen LogP contribution in [-0.2, 0) is 6.54 Å². The summed E-state index contributed by atoms with van der Waals surface area (Å²) in [7, 11) is 4.10. The van der Waals surface area contributed by atoms with E-state index in [9.17, 15) is 4.79 Å². The van der Waals surface area contributed by atoms with Crippen LogP contribution in [0.4, 0.5) is 5.69 Å². The van der Waals surface area contributed by atoms with Crippen LogP contribution in [0.15, 0.2) is 47.3 Å². The summed E-state index contributed by atoms with van der Waals surface area (Å²) in [4.78, 5) is 20.1. The minimum atomic E-state index is -0.130. The molecule has 0 radical (unpaired) electrons. The fraction of sp³-hybridized carbons (Fsp3) is 0.360. The van der Waals surface area contributed by atoms with E-state index in [2.05, 4.69) is 22.1 Å². The van der Waals surface area contributed by atoms with Gasteiger partial charge in [-0.25, -0.2) is 0 Å². The Morgan fingerprint density at radius 3 is 2.45 bits per heavy atom. The number of ether oxygens (including phenoxy) is 2. The predicted octanol–water partition coefficient (Wildman–Crippen LogP) is 3.76. The Morgan fingerprint density at radius 2 is 1.76 bits per heavy atom. The summed E-state index contributed by atoms with van der Waals surface area (Å²) >= 11 is 5.74. The van der Waals surface area contributed by atoms with Gasteiger partial charge in [0, 0.05) is 29.2 Å². The predicted molar refractivity (Wildman–Crippen MR) is 137 cm³/mol. The first-order valence-electron chi connectivity index (χ1n) is 11.1. The number of aryl methyl sites for hydroxylation is 1. The minimum absolute atomic E-state index is 0.130. The number of rotatable bonds is 7. The van der Waals surface area contributed by atoms with E-state index in [1.807, 2.05) is 61.5 Å². The third-order valence-corrected chi connectivity index (χ3v) is 5.93. The van der Waals surface area contributed by atoms with Crippen molar-refractivity contribution in [1.82, 2.24) is 14.8 Å². The highest BCUT2D eigenvalue weighted by molar-refractivity contribution is 7.80. The van der Waals surface area contributed by atoms with Gasteiger partial charge >= 0.3 is 0 Å². The summed E-state index contributed by atoms with van der Waals surface area (Å²) in [6, 6.07) is 13.8. The first kappa shape index (κ1) is 23.1. The van der Waals surface area contributed by atoms with Gasteiger partial charge in [0.15, 0.2) is 16.6 Å². The van der Waals surface area contributed by atoms with Crippen LogP contribution < -0.4 is 20.3 Å². The van der Waals surface area contributed by atoms with E-state index < -0.39 is 0 Å². The van der Waals surface area contributed by atoms with E-state index >= 15 is 0 Å². The zero-order valence-corrected chi connectivity index (χ0v) is 20.1. The molecule has 4 rings (SSSR count). The fourth-order valence-electron chi connectivity index (χ4n) is 3.78. The monoisotopic (exact) mass is 466 g/mol. The summed E-state index contributed by atoms with van der Waals surface area (Å²) in [5.74, 6) is 1.36. The molecule has 0 aliphatic carbocycles. The molecular formula is C25H30N4O3S. The normalized spacial score (nSPS) is 12.7. The summed E-state index contributed by atoms with van der Waals surface area (Å²) in [5.41, 5.74) is 3.37. The van der Waals surface area contributed by atoms with E-state index in [1.54, 1.807) is 0 Å². The lowest BCUT2D eigenvalue weighted by atomic mass is 10.1. The first-order valence-corrected chi connectivity index (χ1v) is 11.5. The second-order valence-electron chi connectivity index (χ2n) is 8.58. The van der Waals surface area contributed by atoms with Crippen LogP contribution >= 0.6 is 12.2 Å². The SMILES string of the molecule is Cc1ccc(NC(=S)N(CCCN(C)C)Cc2cc3cc4c(cc3[nH]c2=O)OCCO4)cc1. The number of thiocarbonyl (C=S) groups is 1. The van der Waals surface area contributed by atoms with Crippen LogP contribution in [-0.4, -0.2) is 60.3 Å². The molecular weight excluding hydrogens is 436 g/mol. The molecule has 0 atom stereocenters. The van der Waals surface area contributed by atoms with Crippen LogP contribution in [0.25, 0.3) is 10.9 Å². The number of hydrogen-bond acceptors (Lipinski definition) is 5. The molecule has 33 heavy (non-hydrogen) atoms. The molecule has 0 saturated carbocycles. The maximum atomic E-state index is 12.9. The third kappa shape index (κ3) is 5.83. The number of benzene rings is 2. The highest BCUT2D eigenvalue weighted by Gasteiger charge is 2.17. The maximum absolute atomic E-state index is 12.9. The third-order valence-electron chi connectivity index (χ3n) is 5.57.